The second kappa shape index (κ2) is 12.7. The number of methoxy groups -OCH3 is 2. The van der Waals surface area contributed by atoms with Crippen molar-refractivity contribution in [1.82, 2.24) is 0 Å². The van der Waals surface area contributed by atoms with E-state index in [-0.39, 0.29) is 35.1 Å². The van der Waals surface area contributed by atoms with Crippen LogP contribution in [0.25, 0.3) is 6.08 Å². The lowest BCUT2D eigenvalue weighted by molar-refractivity contribution is -0.113. The number of allylic oxidation sites excluding steroid dienone is 1. The van der Waals surface area contributed by atoms with E-state index in [1.807, 2.05) is 24.3 Å². The number of anilines is 1. The van der Waals surface area contributed by atoms with Crippen LogP contribution in [0.5, 0.6) is 11.5 Å². The average molecular weight is 502 g/mol. The third kappa shape index (κ3) is 7.04. The van der Waals surface area contributed by atoms with Crippen molar-refractivity contribution in [1.29, 1.82) is 0 Å². The molecule has 0 aliphatic carbocycles. The molecular formula is C28H27N3O6. The number of aliphatic hydroxyl groups excluding tert-OH is 1. The van der Waals surface area contributed by atoms with Crippen molar-refractivity contribution in [2.75, 3.05) is 19.5 Å². The zero-order chi connectivity index (χ0) is 26.8. The Labute approximate surface area is 214 Å². The first kappa shape index (κ1) is 26.7. The standard InChI is InChI=1S/C28H27N3O6/c1-5-19-10-12-20(13-11-19)17-37-28(34)21-14-15-23(25(16-21)36-4)30-31-26(18(2)32)27(33)29-22-8-6-7-9-24(22)35-3/h5-16,32H,1,17H2,2-4H3,(H,29,33)/b26-18+,31-30?. The van der Waals surface area contributed by atoms with Gasteiger partial charge in [-0.3, -0.25) is 4.79 Å². The number of amides is 1. The van der Waals surface area contributed by atoms with Gasteiger partial charge in [-0.2, -0.15) is 0 Å². The second-order valence-electron chi connectivity index (χ2n) is 7.70. The molecule has 0 aliphatic heterocycles. The first-order valence-corrected chi connectivity index (χ1v) is 11.2. The van der Waals surface area contributed by atoms with Gasteiger partial charge in [0, 0.05) is 0 Å². The minimum Gasteiger partial charge on any atom is -0.510 e. The normalized spacial score (nSPS) is 11.4. The molecule has 1 amide bonds. The summed E-state index contributed by atoms with van der Waals surface area (Å²) in [6.07, 6.45) is 1.73. The Kier molecular flexibility index (Phi) is 9.15. The summed E-state index contributed by atoms with van der Waals surface area (Å²) in [5.74, 6) is -0.892. The van der Waals surface area contributed by atoms with Crippen molar-refractivity contribution in [2.45, 2.75) is 13.5 Å². The maximum Gasteiger partial charge on any atom is 0.338 e. The molecule has 0 spiro atoms. The van der Waals surface area contributed by atoms with E-state index in [1.165, 1.54) is 39.3 Å². The number of rotatable bonds is 10. The van der Waals surface area contributed by atoms with Gasteiger partial charge in [0.1, 0.15) is 29.6 Å². The molecule has 37 heavy (non-hydrogen) atoms. The topological polar surface area (TPSA) is 119 Å². The van der Waals surface area contributed by atoms with Gasteiger partial charge in [0.05, 0.1) is 25.5 Å². The predicted octanol–water partition coefficient (Wildman–Crippen LogP) is 6.22. The van der Waals surface area contributed by atoms with Gasteiger partial charge >= 0.3 is 5.97 Å². The summed E-state index contributed by atoms with van der Waals surface area (Å²) in [6, 6.07) is 18.8. The number of aliphatic hydroxyl groups is 1. The summed E-state index contributed by atoms with van der Waals surface area (Å²) < 4.78 is 15.9. The number of para-hydroxylation sites is 2. The van der Waals surface area contributed by atoms with Crippen LogP contribution in [0.1, 0.15) is 28.4 Å². The molecule has 0 bridgehead atoms. The molecular weight excluding hydrogens is 474 g/mol. The van der Waals surface area contributed by atoms with Gasteiger partial charge < -0.3 is 24.6 Å². The average Bonchev–Trinajstić information content (AvgIpc) is 2.92. The van der Waals surface area contributed by atoms with E-state index < -0.39 is 11.9 Å². The van der Waals surface area contributed by atoms with Crippen LogP contribution in [0.3, 0.4) is 0 Å². The Morgan fingerprint density at radius 2 is 1.70 bits per heavy atom. The Morgan fingerprint density at radius 1 is 1.00 bits per heavy atom. The molecule has 0 aliphatic rings. The van der Waals surface area contributed by atoms with E-state index in [4.69, 9.17) is 14.2 Å². The van der Waals surface area contributed by atoms with E-state index >= 15 is 0 Å². The van der Waals surface area contributed by atoms with Crippen LogP contribution in [0.15, 0.2) is 95.0 Å². The SMILES string of the molecule is C=Cc1ccc(COC(=O)c2ccc(N=N/C(C(=O)Nc3ccccc3OC)=C(\C)O)c(OC)c2)cc1. The Hall–Kier alpha value is -4.92. The van der Waals surface area contributed by atoms with Crippen LogP contribution < -0.4 is 14.8 Å². The van der Waals surface area contributed by atoms with Crippen molar-refractivity contribution in [2.24, 2.45) is 10.2 Å². The van der Waals surface area contributed by atoms with Crippen molar-refractivity contribution in [3.8, 4) is 11.5 Å². The lowest BCUT2D eigenvalue weighted by Gasteiger charge is -2.10. The summed E-state index contributed by atoms with van der Waals surface area (Å²) in [6.45, 7) is 5.13. The zero-order valence-electron chi connectivity index (χ0n) is 20.7. The molecule has 0 saturated heterocycles. The fourth-order valence-corrected chi connectivity index (χ4v) is 3.18. The van der Waals surface area contributed by atoms with E-state index in [1.54, 1.807) is 30.3 Å². The number of nitrogens with one attached hydrogen (secondary N) is 1. The van der Waals surface area contributed by atoms with Gasteiger partial charge in [-0.1, -0.05) is 49.1 Å². The fourth-order valence-electron chi connectivity index (χ4n) is 3.18. The number of azo groups is 1. The molecule has 9 heteroatoms. The molecule has 3 rings (SSSR count). The maximum atomic E-state index is 12.7. The summed E-state index contributed by atoms with van der Waals surface area (Å²) in [5.41, 5.74) is 2.39. The number of hydrogen-bond acceptors (Lipinski definition) is 8. The summed E-state index contributed by atoms with van der Waals surface area (Å²) in [5, 5.41) is 20.6. The van der Waals surface area contributed by atoms with Crippen LogP contribution >= 0.6 is 0 Å². The minimum absolute atomic E-state index is 0.102. The fraction of sp³-hybridized carbons (Fsp3) is 0.143. The smallest absolute Gasteiger partial charge is 0.338 e. The molecule has 9 nitrogen and oxygen atoms in total. The van der Waals surface area contributed by atoms with Gasteiger partial charge in [-0.15, -0.1) is 10.2 Å². The van der Waals surface area contributed by atoms with Crippen molar-refractivity contribution in [3.63, 3.8) is 0 Å². The zero-order valence-corrected chi connectivity index (χ0v) is 20.7. The van der Waals surface area contributed by atoms with Crippen LogP contribution in [0.4, 0.5) is 11.4 Å². The van der Waals surface area contributed by atoms with E-state index in [0.717, 1.165) is 11.1 Å². The molecule has 0 aromatic heterocycles. The van der Waals surface area contributed by atoms with Crippen LogP contribution in [0.2, 0.25) is 0 Å². The van der Waals surface area contributed by atoms with E-state index in [0.29, 0.717) is 11.4 Å². The number of carbonyl (C=O) groups excluding carboxylic acids is 2. The van der Waals surface area contributed by atoms with Gasteiger partial charge in [-0.25, -0.2) is 4.79 Å². The minimum atomic E-state index is -0.687. The number of hydrogen-bond donors (Lipinski definition) is 2. The molecule has 0 saturated carbocycles. The Balaban J connectivity index is 1.73. The molecule has 0 atom stereocenters. The number of benzene rings is 3. The van der Waals surface area contributed by atoms with Crippen LogP contribution in [0, 0.1) is 0 Å². The predicted molar refractivity (Wildman–Crippen MR) is 140 cm³/mol. The van der Waals surface area contributed by atoms with Crippen LogP contribution in [-0.2, 0) is 16.1 Å². The molecule has 190 valence electrons. The number of esters is 1. The Morgan fingerprint density at radius 3 is 2.35 bits per heavy atom. The summed E-state index contributed by atoms with van der Waals surface area (Å²) in [4.78, 5) is 25.3. The number of ether oxygens (including phenoxy) is 3. The lowest BCUT2D eigenvalue weighted by Crippen LogP contribution is -2.15. The highest BCUT2D eigenvalue weighted by Gasteiger charge is 2.17. The maximum absolute atomic E-state index is 12.7. The quantitative estimate of drug-likeness (QED) is 0.147. The molecule has 0 radical (unpaired) electrons. The first-order chi connectivity index (χ1) is 17.9. The molecule has 3 aromatic carbocycles. The van der Waals surface area contributed by atoms with Crippen molar-refractivity contribution in [3.05, 3.63) is 101 Å². The third-order valence-electron chi connectivity index (χ3n) is 5.17. The van der Waals surface area contributed by atoms with Gasteiger partial charge in [-0.05, 0) is 48.4 Å². The highest BCUT2D eigenvalue weighted by atomic mass is 16.5. The number of carbonyl (C=O) groups is 2. The van der Waals surface area contributed by atoms with Crippen molar-refractivity contribution < 1.29 is 28.9 Å². The van der Waals surface area contributed by atoms with E-state index in [2.05, 4.69) is 22.1 Å². The van der Waals surface area contributed by atoms with Gasteiger partial charge in [0.15, 0.2) is 5.70 Å². The first-order valence-electron chi connectivity index (χ1n) is 11.2. The summed E-state index contributed by atoms with van der Waals surface area (Å²) in [7, 11) is 2.89. The summed E-state index contributed by atoms with van der Waals surface area (Å²) >= 11 is 0. The monoisotopic (exact) mass is 501 g/mol. The number of nitrogens with zero attached hydrogens (tertiary/aromatic N) is 2. The molecule has 0 fully saturated rings. The highest BCUT2D eigenvalue weighted by Crippen LogP contribution is 2.30. The van der Waals surface area contributed by atoms with Gasteiger partial charge in [0.2, 0.25) is 0 Å². The molecule has 3 aromatic rings. The van der Waals surface area contributed by atoms with Crippen molar-refractivity contribution >= 4 is 29.3 Å². The Bertz CT molecular complexity index is 1340. The largest absolute Gasteiger partial charge is 0.510 e. The molecule has 0 heterocycles. The van der Waals surface area contributed by atoms with Crippen LogP contribution in [-0.4, -0.2) is 31.2 Å². The second-order valence-corrected chi connectivity index (χ2v) is 7.70. The molecule has 0 unspecified atom stereocenters. The highest BCUT2D eigenvalue weighted by molar-refractivity contribution is 6.04. The van der Waals surface area contributed by atoms with E-state index in [9.17, 15) is 14.7 Å². The van der Waals surface area contributed by atoms with Gasteiger partial charge in [0.25, 0.3) is 5.91 Å². The lowest BCUT2D eigenvalue weighted by atomic mass is 10.1. The molecule has 2 N–H and O–H groups in total. The third-order valence-corrected chi connectivity index (χ3v) is 5.17.